The Bertz CT molecular complexity index is 3130. The maximum atomic E-state index is 5.24. The predicted molar refractivity (Wildman–Crippen MR) is 262 cm³/mol. The molecule has 2 atom stereocenters. The van der Waals surface area contributed by atoms with E-state index >= 15 is 0 Å². The Hall–Kier alpha value is -7.23. The molecule has 0 radical (unpaired) electrons. The number of hydrogen-bond acceptors (Lipinski definition) is 3. The molecular weight excluding hydrogens is 751 g/mol. The maximum Gasteiger partial charge on any atom is 0.164 e. The van der Waals surface area contributed by atoms with E-state index in [1.807, 2.05) is 13.0 Å². The van der Waals surface area contributed by atoms with Gasteiger partial charge in [-0.25, -0.2) is 15.0 Å². The molecule has 10 rings (SSSR count). The van der Waals surface area contributed by atoms with Crippen LogP contribution in [0, 0.1) is 5.92 Å². The molecule has 0 aliphatic heterocycles. The van der Waals surface area contributed by atoms with Crippen molar-refractivity contribution in [2.45, 2.75) is 46.0 Å². The van der Waals surface area contributed by atoms with Crippen molar-refractivity contribution in [3.63, 3.8) is 0 Å². The van der Waals surface area contributed by atoms with Crippen LogP contribution < -0.4 is 0 Å². The van der Waals surface area contributed by atoms with E-state index in [2.05, 4.69) is 202 Å². The van der Waals surface area contributed by atoms with Gasteiger partial charge in [-0.05, 0) is 128 Å². The molecule has 2 aliphatic rings. The Balaban J connectivity index is 1.06. The lowest BCUT2D eigenvalue weighted by Gasteiger charge is -2.22. The first-order valence-corrected chi connectivity index (χ1v) is 22.0. The van der Waals surface area contributed by atoms with Crippen molar-refractivity contribution in [3.8, 4) is 33.9 Å². The summed E-state index contributed by atoms with van der Waals surface area (Å²) in [5, 5.41) is 5.40. The van der Waals surface area contributed by atoms with Gasteiger partial charge in [0.25, 0.3) is 0 Å². The molecule has 62 heavy (non-hydrogen) atoms. The summed E-state index contributed by atoms with van der Waals surface area (Å²) in [5.41, 5.74) is 14.2. The minimum Gasteiger partial charge on any atom is -0.208 e. The first kappa shape index (κ1) is 38.9. The molecule has 0 amide bonds. The van der Waals surface area contributed by atoms with Gasteiger partial charge >= 0.3 is 0 Å². The second-order valence-corrected chi connectivity index (χ2v) is 16.8. The monoisotopic (exact) mass is 799 g/mol. The van der Waals surface area contributed by atoms with Crippen LogP contribution in [0.2, 0.25) is 0 Å². The third kappa shape index (κ3) is 7.79. The van der Waals surface area contributed by atoms with Crippen LogP contribution >= 0.6 is 0 Å². The molecule has 0 fully saturated rings. The van der Waals surface area contributed by atoms with E-state index in [-0.39, 0.29) is 5.92 Å². The SMILES string of the molecule is C/C=C\C(=C/C(C)c1ccccc1)c1nc(-c2cccc(C3=CC(C)CC(c4ccc5c6c(c7ccccc7c5c4)C=CCC6)=C3)c2)nc(-c2cccc(-c3ccccc3)c2)n1. The van der Waals surface area contributed by atoms with Crippen molar-refractivity contribution in [3.05, 3.63) is 222 Å². The van der Waals surface area contributed by atoms with Gasteiger partial charge in [0.2, 0.25) is 0 Å². The van der Waals surface area contributed by atoms with Crippen LogP contribution in [0.1, 0.15) is 73.2 Å². The van der Waals surface area contributed by atoms with Crippen LogP contribution in [0.25, 0.3) is 78.2 Å². The zero-order chi connectivity index (χ0) is 42.0. The summed E-state index contributed by atoms with van der Waals surface area (Å²) in [6.45, 7) is 6.60. The fraction of sp³-hybridized carbons (Fsp3) is 0.136. The third-order valence-electron chi connectivity index (χ3n) is 12.4. The molecule has 3 heteroatoms. The highest BCUT2D eigenvalue weighted by Gasteiger charge is 2.20. The molecule has 8 aromatic rings. The first-order chi connectivity index (χ1) is 30.5. The Kier molecular flexibility index (Phi) is 10.7. The number of fused-ring (bicyclic) bond motifs is 6. The highest BCUT2D eigenvalue weighted by atomic mass is 15.0. The van der Waals surface area contributed by atoms with Crippen LogP contribution in [0.15, 0.2) is 188 Å². The smallest absolute Gasteiger partial charge is 0.164 e. The number of allylic oxidation sites excluding steroid dienone is 9. The average Bonchev–Trinajstić information content (AvgIpc) is 3.34. The van der Waals surface area contributed by atoms with Crippen molar-refractivity contribution in [2.24, 2.45) is 5.92 Å². The zero-order valence-electron chi connectivity index (χ0n) is 35.6. The zero-order valence-corrected chi connectivity index (χ0v) is 35.6. The molecule has 3 nitrogen and oxygen atoms in total. The van der Waals surface area contributed by atoms with Gasteiger partial charge in [-0.1, -0.05) is 190 Å². The largest absolute Gasteiger partial charge is 0.208 e. The van der Waals surface area contributed by atoms with Gasteiger partial charge in [0, 0.05) is 16.7 Å². The molecule has 0 saturated carbocycles. The number of nitrogens with zero attached hydrogens (tertiary/aromatic N) is 3. The van der Waals surface area contributed by atoms with Crippen molar-refractivity contribution in [2.75, 3.05) is 0 Å². The van der Waals surface area contributed by atoms with Crippen molar-refractivity contribution >= 4 is 44.3 Å². The van der Waals surface area contributed by atoms with E-state index in [0.717, 1.165) is 52.7 Å². The highest BCUT2D eigenvalue weighted by Crippen LogP contribution is 2.41. The topological polar surface area (TPSA) is 38.7 Å². The fourth-order valence-electron chi connectivity index (χ4n) is 9.34. The highest BCUT2D eigenvalue weighted by molar-refractivity contribution is 6.13. The van der Waals surface area contributed by atoms with E-state index in [4.69, 9.17) is 15.0 Å². The number of aromatic nitrogens is 3. The Morgan fingerprint density at radius 3 is 2.03 bits per heavy atom. The summed E-state index contributed by atoms with van der Waals surface area (Å²) < 4.78 is 0. The van der Waals surface area contributed by atoms with Gasteiger partial charge in [0.1, 0.15) is 0 Å². The van der Waals surface area contributed by atoms with Crippen molar-refractivity contribution < 1.29 is 0 Å². The van der Waals surface area contributed by atoms with Gasteiger partial charge in [-0.3, -0.25) is 0 Å². The van der Waals surface area contributed by atoms with Gasteiger partial charge in [-0.15, -0.1) is 0 Å². The van der Waals surface area contributed by atoms with E-state index in [9.17, 15) is 0 Å². The summed E-state index contributed by atoms with van der Waals surface area (Å²) in [6, 6.07) is 54.4. The van der Waals surface area contributed by atoms with Crippen LogP contribution in [0.5, 0.6) is 0 Å². The minimum atomic E-state index is 0.154. The van der Waals surface area contributed by atoms with Crippen LogP contribution in [0.4, 0.5) is 0 Å². The number of rotatable bonds is 9. The molecule has 1 aromatic heterocycles. The molecule has 0 spiro atoms. The van der Waals surface area contributed by atoms with Crippen LogP contribution in [-0.4, -0.2) is 15.0 Å². The number of hydrogen-bond donors (Lipinski definition) is 0. The molecule has 0 N–H and O–H groups in total. The van der Waals surface area contributed by atoms with Crippen molar-refractivity contribution in [1.29, 1.82) is 0 Å². The molecular formula is C59H49N3. The minimum absolute atomic E-state index is 0.154. The van der Waals surface area contributed by atoms with E-state index in [1.165, 1.54) is 54.9 Å². The van der Waals surface area contributed by atoms with E-state index in [1.54, 1.807) is 0 Å². The number of benzene rings is 7. The third-order valence-corrected chi connectivity index (χ3v) is 12.4. The summed E-state index contributed by atoms with van der Waals surface area (Å²) in [6.07, 6.45) is 19.1. The van der Waals surface area contributed by atoms with Gasteiger partial charge in [0.05, 0.1) is 0 Å². The average molecular weight is 800 g/mol. The lowest BCUT2D eigenvalue weighted by molar-refractivity contribution is 0.752. The van der Waals surface area contributed by atoms with Gasteiger partial charge in [0.15, 0.2) is 17.5 Å². The Labute approximate surface area is 365 Å². The standard InChI is InChI=1S/C59H49N3/c1-4-17-46(34-40(3)41-18-7-5-8-19-41)57-60-58(47-24-15-22-43(35-47)42-20-9-6-10-21-42)62-59(61-57)48-25-16-23-44(36-48)49-32-39(2)33-50(37-49)45-30-31-55-53-28-12-11-26-51(53)52-27-13-14-29-54(52)56(55)38-45/h4-11,13-27,29-32,34-40H,12,28,33H2,1-3H3/b17-4-,46-34+. The maximum absolute atomic E-state index is 5.24. The van der Waals surface area contributed by atoms with Crippen molar-refractivity contribution in [1.82, 2.24) is 15.0 Å². The summed E-state index contributed by atoms with van der Waals surface area (Å²) >= 11 is 0. The molecule has 0 bridgehead atoms. The second kappa shape index (κ2) is 17.0. The quantitative estimate of drug-likeness (QED) is 0.108. The lowest BCUT2D eigenvalue weighted by Crippen LogP contribution is -2.04. The Morgan fingerprint density at radius 2 is 1.27 bits per heavy atom. The lowest BCUT2D eigenvalue weighted by atomic mass is 9.83. The summed E-state index contributed by atoms with van der Waals surface area (Å²) in [5.74, 6) is 2.47. The fourth-order valence-corrected chi connectivity index (χ4v) is 9.34. The van der Waals surface area contributed by atoms with Gasteiger partial charge in [-0.2, -0.15) is 0 Å². The van der Waals surface area contributed by atoms with E-state index in [0.29, 0.717) is 23.4 Å². The summed E-state index contributed by atoms with van der Waals surface area (Å²) in [4.78, 5) is 15.7. The summed E-state index contributed by atoms with van der Waals surface area (Å²) in [7, 11) is 0. The van der Waals surface area contributed by atoms with E-state index < -0.39 is 0 Å². The Morgan fingerprint density at radius 1 is 0.613 bits per heavy atom. The molecule has 300 valence electrons. The molecule has 2 unspecified atom stereocenters. The molecule has 2 aliphatic carbocycles. The number of aryl methyl sites for hydroxylation is 1. The van der Waals surface area contributed by atoms with Crippen LogP contribution in [0.3, 0.4) is 0 Å². The second-order valence-electron chi connectivity index (χ2n) is 16.8. The first-order valence-electron chi connectivity index (χ1n) is 22.0. The molecule has 0 saturated heterocycles. The molecule has 1 heterocycles. The normalized spacial score (nSPS) is 15.7. The van der Waals surface area contributed by atoms with Crippen LogP contribution in [-0.2, 0) is 6.42 Å². The predicted octanol–water partition coefficient (Wildman–Crippen LogP) is 15.4. The molecule has 7 aromatic carbocycles. The van der Waals surface area contributed by atoms with Gasteiger partial charge < -0.3 is 0 Å².